The minimum atomic E-state index is -0.839. The van der Waals surface area contributed by atoms with E-state index in [-0.39, 0.29) is 23.1 Å². The predicted octanol–water partition coefficient (Wildman–Crippen LogP) is 4.39. The summed E-state index contributed by atoms with van der Waals surface area (Å²) in [6.45, 7) is -0.285. The molecule has 2 N–H and O–H groups in total. The van der Waals surface area contributed by atoms with Gasteiger partial charge in [0.25, 0.3) is 5.91 Å². The number of hydrogen-bond acceptors (Lipinski definition) is 7. The van der Waals surface area contributed by atoms with Crippen LogP contribution >= 0.6 is 23.1 Å². The number of para-hydroxylation sites is 2. The molecule has 3 atom stereocenters. The number of aromatic nitrogens is 1. The molecule has 4 aromatic rings. The van der Waals surface area contributed by atoms with Gasteiger partial charge < -0.3 is 15.0 Å². The highest BCUT2D eigenvalue weighted by Gasteiger charge is 2.56. The van der Waals surface area contributed by atoms with E-state index in [4.69, 9.17) is 4.74 Å². The third-order valence-electron chi connectivity index (χ3n) is 6.58. The average Bonchev–Trinajstić information content (AvgIpc) is 3.43. The van der Waals surface area contributed by atoms with Gasteiger partial charge in [-0.15, -0.1) is 0 Å². The number of aromatic amines is 1. The number of rotatable bonds is 6. The number of hydrogen-bond donors (Lipinski definition) is 2. The summed E-state index contributed by atoms with van der Waals surface area (Å²) in [6, 6.07) is 21.1. The van der Waals surface area contributed by atoms with Crippen LogP contribution in [-0.2, 0) is 14.4 Å². The van der Waals surface area contributed by atoms with Gasteiger partial charge in [-0.25, -0.2) is 9.29 Å². The van der Waals surface area contributed by atoms with Crippen LogP contribution in [0.3, 0.4) is 0 Å². The maximum absolute atomic E-state index is 13.8. The van der Waals surface area contributed by atoms with E-state index in [0.717, 1.165) is 28.0 Å². The van der Waals surface area contributed by atoms with Crippen LogP contribution in [0.4, 0.5) is 15.8 Å². The molecule has 6 rings (SSSR count). The number of carbonyl (C=O) groups is 3. The Hall–Kier alpha value is -4.22. The van der Waals surface area contributed by atoms with Crippen molar-refractivity contribution in [3.63, 3.8) is 0 Å². The van der Waals surface area contributed by atoms with Crippen molar-refractivity contribution in [3.8, 4) is 5.75 Å². The number of ether oxygens (including phenoxy) is 1. The second-order valence-electron chi connectivity index (χ2n) is 8.98. The van der Waals surface area contributed by atoms with E-state index in [0.29, 0.717) is 26.9 Å². The molecular weight excluding hydrogens is 541 g/mol. The molecule has 196 valence electrons. The summed E-state index contributed by atoms with van der Waals surface area (Å²) in [5.41, 5.74) is 1.49. The Bertz CT molecular complexity index is 1640. The van der Waals surface area contributed by atoms with Crippen molar-refractivity contribution in [2.45, 2.75) is 16.2 Å². The number of thiazole rings is 1. The molecule has 3 heterocycles. The van der Waals surface area contributed by atoms with Crippen molar-refractivity contribution in [1.29, 1.82) is 0 Å². The molecule has 1 aromatic heterocycles. The zero-order valence-corrected chi connectivity index (χ0v) is 21.8. The number of carbonyl (C=O) groups excluding carboxylic acids is 3. The van der Waals surface area contributed by atoms with E-state index >= 15 is 0 Å². The van der Waals surface area contributed by atoms with Crippen LogP contribution in [0, 0.1) is 11.7 Å². The van der Waals surface area contributed by atoms with Crippen LogP contribution in [0.25, 0.3) is 0 Å². The van der Waals surface area contributed by atoms with Crippen molar-refractivity contribution in [1.82, 2.24) is 4.98 Å². The van der Waals surface area contributed by atoms with Gasteiger partial charge in [0.2, 0.25) is 11.8 Å². The van der Waals surface area contributed by atoms with Gasteiger partial charge >= 0.3 is 4.87 Å². The number of fused-ring (bicyclic) bond motifs is 2. The van der Waals surface area contributed by atoms with Crippen molar-refractivity contribution in [2.24, 2.45) is 5.92 Å². The molecular formula is C28H20FN3O5S2. The molecule has 1 fully saturated rings. The normalized spacial score (nSPS) is 19.9. The van der Waals surface area contributed by atoms with Crippen LogP contribution in [0.15, 0.2) is 88.7 Å². The third-order valence-corrected chi connectivity index (χ3v) is 8.98. The first-order valence-corrected chi connectivity index (χ1v) is 13.7. The molecule has 0 aliphatic carbocycles. The standard InChI is InChI=1S/C28H20FN3O5S2/c29-15-10-12-17(13-11-15)32-26(34)22-21(23-25(31-28(36)39-23)38-24(22)27(32)35)18-8-4-5-9-19(18)37-14-20(33)30-16-6-2-1-3-7-16/h1-13,21-22,24H,14H2,(H,30,33)(H,31,36)/t21-,22-,24+/m0/s1. The fourth-order valence-electron chi connectivity index (χ4n) is 4.93. The number of imide groups is 1. The number of anilines is 2. The smallest absolute Gasteiger partial charge is 0.305 e. The minimum absolute atomic E-state index is 0.277. The lowest BCUT2D eigenvalue weighted by atomic mass is 9.82. The first-order valence-electron chi connectivity index (χ1n) is 12.0. The Kier molecular flexibility index (Phi) is 6.53. The van der Waals surface area contributed by atoms with Gasteiger partial charge in [0.1, 0.15) is 16.8 Å². The van der Waals surface area contributed by atoms with Gasteiger partial charge in [-0.05, 0) is 42.5 Å². The molecule has 11 heteroatoms. The molecule has 1 saturated heterocycles. The monoisotopic (exact) mass is 561 g/mol. The Morgan fingerprint density at radius 2 is 1.67 bits per heavy atom. The summed E-state index contributed by atoms with van der Waals surface area (Å²) in [4.78, 5) is 56.5. The number of H-pyrrole nitrogens is 1. The molecule has 3 aromatic carbocycles. The Labute approximate surface area is 229 Å². The number of benzene rings is 3. The van der Waals surface area contributed by atoms with Gasteiger partial charge in [0.15, 0.2) is 6.61 Å². The molecule has 0 unspecified atom stereocenters. The summed E-state index contributed by atoms with van der Waals surface area (Å²) in [5.74, 6) is -2.88. The number of thioether (sulfide) groups is 1. The average molecular weight is 562 g/mol. The van der Waals surface area contributed by atoms with E-state index < -0.39 is 34.7 Å². The Balaban J connectivity index is 1.35. The number of nitrogens with one attached hydrogen (secondary N) is 2. The number of halogens is 1. The van der Waals surface area contributed by atoms with E-state index in [1.807, 2.05) is 6.07 Å². The van der Waals surface area contributed by atoms with Crippen molar-refractivity contribution >= 4 is 52.2 Å². The Morgan fingerprint density at radius 1 is 0.949 bits per heavy atom. The molecule has 0 saturated carbocycles. The number of nitrogens with zero attached hydrogens (tertiary/aromatic N) is 1. The lowest BCUT2D eigenvalue weighted by Crippen LogP contribution is -2.32. The van der Waals surface area contributed by atoms with Crippen LogP contribution in [0.2, 0.25) is 0 Å². The highest BCUT2D eigenvalue weighted by atomic mass is 32.2. The first kappa shape index (κ1) is 25.1. The van der Waals surface area contributed by atoms with Crippen LogP contribution in [-0.4, -0.2) is 34.6 Å². The first-order chi connectivity index (χ1) is 18.9. The van der Waals surface area contributed by atoms with Crippen LogP contribution in [0.1, 0.15) is 16.4 Å². The van der Waals surface area contributed by atoms with Crippen molar-refractivity contribution in [3.05, 3.63) is 105 Å². The molecule has 0 radical (unpaired) electrons. The lowest BCUT2D eigenvalue weighted by Gasteiger charge is -2.30. The molecule has 0 bridgehead atoms. The topological polar surface area (TPSA) is 109 Å². The highest BCUT2D eigenvalue weighted by molar-refractivity contribution is 8.00. The molecule has 2 aliphatic rings. The SMILES string of the molecule is O=C(COc1ccccc1[C@@H]1c2sc(=O)[nH]c2S[C@H]2C(=O)N(c3ccc(F)cc3)C(=O)[C@@H]12)Nc1ccccc1. The summed E-state index contributed by atoms with van der Waals surface area (Å²) >= 11 is 2.13. The van der Waals surface area contributed by atoms with E-state index in [9.17, 15) is 23.6 Å². The van der Waals surface area contributed by atoms with Gasteiger partial charge in [-0.3, -0.25) is 19.2 Å². The summed E-state index contributed by atoms with van der Waals surface area (Å²) in [7, 11) is 0. The minimum Gasteiger partial charge on any atom is -0.483 e. The van der Waals surface area contributed by atoms with Crippen molar-refractivity contribution < 1.29 is 23.5 Å². The molecule has 3 amide bonds. The van der Waals surface area contributed by atoms with Gasteiger partial charge in [0, 0.05) is 22.0 Å². The van der Waals surface area contributed by atoms with E-state index in [1.165, 1.54) is 24.3 Å². The third kappa shape index (κ3) is 4.64. The molecule has 8 nitrogen and oxygen atoms in total. The maximum Gasteiger partial charge on any atom is 0.305 e. The fraction of sp³-hybridized carbons (Fsp3) is 0.143. The quantitative estimate of drug-likeness (QED) is 0.338. The van der Waals surface area contributed by atoms with Crippen molar-refractivity contribution in [2.75, 3.05) is 16.8 Å². The maximum atomic E-state index is 13.8. The van der Waals surface area contributed by atoms with E-state index in [2.05, 4.69) is 10.3 Å². The zero-order valence-electron chi connectivity index (χ0n) is 20.1. The molecule has 0 spiro atoms. The lowest BCUT2D eigenvalue weighted by molar-refractivity contribution is -0.122. The fourth-order valence-corrected chi connectivity index (χ4v) is 7.43. The van der Waals surface area contributed by atoms with Crippen LogP contribution < -0.4 is 19.8 Å². The van der Waals surface area contributed by atoms with Gasteiger partial charge in [-0.1, -0.05) is 59.5 Å². The number of amides is 3. The molecule has 2 aliphatic heterocycles. The molecule has 39 heavy (non-hydrogen) atoms. The highest BCUT2D eigenvalue weighted by Crippen LogP contribution is 2.54. The van der Waals surface area contributed by atoms with Gasteiger partial charge in [0.05, 0.1) is 16.6 Å². The second-order valence-corrected chi connectivity index (χ2v) is 11.1. The van der Waals surface area contributed by atoms with E-state index in [1.54, 1.807) is 48.5 Å². The summed E-state index contributed by atoms with van der Waals surface area (Å²) in [6.07, 6.45) is 0. The predicted molar refractivity (Wildman–Crippen MR) is 146 cm³/mol. The Morgan fingerprint density at radius 3 is 2.44 bits per heavy atom. The largest absolute Gasteiger partial charge is 0.483 e. The summed E-state index contributed by atoms with van der Waals surface area (Å²) < 4.78 is 19.5. The van der Waals surface area contributed by atoms with Crippen LogP contribution in [0.5, 0.6) is 5.75 Å². The zero-order chi connectivity index (χ0) is 27.1. The van der Waals surface area contributed by atoms with Gasteiger partial charge in [-0.2, -0.15) is 0 Å². The second kappa shape index (κ2) is 10.2. The summed E-state index contributed by atoms with van der Waals surface area (Å²) in [5, 5.41) is 2.48.